The minimum absolute atomic E-state index is 0.0929. The molecule has 0 aliphatic carbocycles. The van der Waals surface area contributed by atoms with Crippen molar-refractivity contribution in [2.75, 3.05) is 0 Å². The topological polar surface area (TPSA) is 149 Å². The van der Waals surface area contributed by atoms with Crippen LogP contribution in [0.15, 0.2) is 10.6 Å². The Labute approximate surface area is 141 Å². The van der Waals surface area contributed by atoms with Gasteiger partial charge in [-0.25, -0.2) is 19.2 Å². The highest BCUT2D eigenvalue weighted by molar-refractivity contribution is 6.42. The zero-order valence-electron chi connectivity index (χ0n) is 12.3. The van der Waals surface area contributed by atoms with Gasteiger partial charge >= 0.3 is 23.9 Å². The highest BCUT2D eigenvalue weighted by Gasteiger charge is 2.62. The molecule has 4 N–H and O–H groups in total. The van der Waals surface area contributed by atoms with Gasteiger partial charge in [0.2, 0.25) is 0 Å². The fraction of sp³-hybridized carbons (Fsp3) is 0.538. The van der Waals surface area contributed by atoms with Gasteiger partial charge in [0, 0.05) is 0 Å². The Morgan fingerprint density at radius 3 is 1.61 bits per heavy atom. The van der Waals surface area contributed by atoms with Crippen LogP contribution in [-0.2, 0) is 19.2 Å². The van der Waals surface area contributed by atoms with Crippen LogP contribution in [0.1, 0.15) is 33.1 Å². The number of allylic oxidation sites excluding steroid dienone is 1. The number of hydrogen-bond donors (Lipinski definition) is 4. The van der Waals surface area contributed by atoms with E-state index in [9.17, 15) is 24.3 Å². The number of hydrogen-bond acceptors (Lipinski definition) is 4. The molecule has 130 valence electrons. The van der Waals surface area contributed by atoms with Gasteiger partial charge in [-0.3, -0.25) is 0 Å². The molecule has 0 radical (unpaired) electrons. The second-order valence-corrected chi connectivity index (χ2v) is 6.17. The molecule has 10 heteroatoms. The summed E-state index contributed by atoms with van der Waals surface area (Å²) in [6.45, 7) is 3.06. The highest BCUT2D eigenvalue weighted by atomic mass is 35.5. The lowest BCUT2D eigenvalue weighted by atomic mass is 9.77. The lowest BCUT2D eigenvalue weighted by Crippen LogP contribution is -2.51. The van der Waals surface area contributed by atoms with Gasteiger partial charge in [0.1, 0.15) is 0 Å². The van der Waals surface area contributed by atoms with Gasteiger partial charge in [-0.1, -0.05) is 31.4 Å². The summed E-state index contributed by atoms with van der Waals surface area (Å²) in [4.78, 5) is 43.8. The molecule has 1 atom stereocenters. The summed E-state index contributed by atoms with van der Waals surface area (Å²) in [6, 6.07) is 0. The minimum Gasteiger partial charge on any atom is -0.480 e. The second-order valence-electron chi connectivity index (χ2n) is 4.96. The summed E-state index contributed by atoms with van der Waals surface area (Å²) >= 11 is 12.0. The molecule has 0 aliphatic rings. The first-order valence-electron chi connectivity index (χ1n) is 6.40. The van der Waals surface area contributed by atoms with E-state index in [0.717, 1.165) is 0 Å². The molecule has 0 aromatic heterocycles. The van der Waals surface area contributed by atoms with E-state index in [2.05, 4.69) is 0 Å². The van der Waals surface area contributed by atoms with Crippen LogP contribution in [0.3, 0.4) is 0 Å². The first-order valence-corrected chi connectivity index (χ1v) is 7.16. The zero-order valence-corrected chi connectivity index (χ0v) is 13.8. The predicted molar refractivity (Wildman–Crippen MR) is 79.6 cm³/mol. The zero-order chi connectivity index (χ0) is 18.6. The molecular formula is C13H16Cl2O8. The Morgan fingerprint density at radius 2 is 1.35 bits per heavy atom. The standard InChI is InChI=1S/C13H16Cl2O8/c1-3-4-5-12(2,15)7(14)6(8(16)17)13(9(18)19,10(20)21)11(22)23/h3-5H2,1-2H3,(H,16,17)(H,18,19)(H,20,21)(H,22,23). The van der Waals surface area contributed by atoms with Gasteiger partial charge in [-0.2, -0.15) is 0 Å². The van der Waals surface area contributed by atoms with Gasteiger partial charge < -0.3 is 20.4 Å². The monoisotopic (exact) mass is 370 g/mol. The molecule has 0 bridgehead atoms. The van der Waals surface area contributed by atoms with E-state index in [1.807, 2.05) is 0 Å². The number of alkyl halides is 1. The lowest BCUT2D eigenvalue weighted by molar-refractivity contribution is -0.174. The minimum atomic E-state index is -3.77. The summed E-state index contributed by atoms with van der Waals surface area (Å²) in [5.74, 6) is -9.27. The van der Waals surface area contributed by atoms with E-state index in [1.165, 1.54) is 6.92 Å². The smallest absolute Gasteiger partial charge is 0.337 e. The van der Waals surface area contributed by atoms with Crippen LogP contribution in [0.4, 0.5) is 0 Å². The largest absolute Gasteiger partial charge is 0.480 e. The fourth-order valence-corrected chi connectivity index (χ4v) is 2.44. The van der Waals surface area contributed by atoms with Crippen molar-refractivity contribution in [1.82, 2.24) is 0 Å². The van der Waals surface area contributed by atoms with Crippen LogP contribution >= 0.6 is 23.2 Å². The van der Waals surface area contributed by atoms with Crippen LogP contribution in [0, 0.1) is 5.41 Å². The molecule has 0 aliphatic heterocycles. The molecule has 0 saturated heterocycles. The Morgan fingerprint density at radius 1 is 0.957 bits per heavy atom. The van der Waals surface area contributed by atoms with E-state index in [-0.39, 0.29) is 6.42 Å². The van der Waals surface area contributed by atoms with Crippen LogP contribution in [-0.4, -0.2) is 49.2 Å². The van der Waals surface area contributed by atoms with Crippen molar-refractivity contribution < 1.29 is 39.6 Å². The van der Waals surface area contributed by atoms with Crippen LogP contribution in [0.2, 0.25) is 0 Å². The molecule has 0 amide bonds. The summed E-state index contributed by atoms with van der Waals surface area (Å²) in [7, 11) is 0. The number of unbranched alkanes of at least 4 members (excludes halogenated alkanes) is 1. The molecule has 1 unspecified atom stereocenters. The SMILES string of the molecule is CCCCC(C)(Cl)C(Cl)=C(C(=O)O)C(C(=O)O)(C(=O)O)C(=O)O. The molecule has 0 heterocycles. The third-order valence-electron chi connectivity index (χ3n) is 3.23. The number of carboxylic acids is 4. The number of carboxylic acid groups (broad SMARTS) is 4. The highest BCUT2D eigenvalue weighted by Crippen LogP contribution is 2.42. The van der Waals surface area contributed by atoms with Gasteiger partial charge in [-0.15, -0.1) is 11.6 Å². The van der Waals surface area contributed by atoms with Crippen molar-refractivity contribution in [2.45, 2.75) is 38.0 Å². The molecule has 0 saturated carbocycles. The number of halogens is 2. The maximum absolute atomic E-state index is 11.4. The van der Waals surface area contributed by atoms with E-state index in [4.69, 9.17) is 38.5 Å². The molecule has 0 aromatic carbocycles. The van der Waals surface area contributed by atoms with E-state index >= 15 is 0 Å². The van der Waals surface area contributed by atoms with Crippen molar-refractivity contribution in [1.29, 1.82) is 0 Å². The third-order valence-corrected chi connectivity index (χ3v) is 4.31. The second kappa shape index (κ2) is 7.65. The summed E-state index contributed by atoms with van der Waals surface area (Å²) in [5, 5.41) is 35.7. The number of carbonyl (C=O) groups is 4. The maximum atomic E-state index is 11.4. The fourth-order valence-electron chi connectivity index (χ4n) is 1.89. The van der Waals surface area contributed by atoms with Crippen molar-refractivity contribution in [2.24, 2.45) is 5.41 Å². The Kier molecular flexibility index (Phi) is 7.05. The summed E-state index contributed by atoms with van der Waals surface area (Å²) in [5.41, 5.74) is -5.27. The predicted octanol–water partition coefficient (Wildman–Crippen LogP) is 1.99. The quantitative estimate of drug-likeness (QED) is 0.273. The first-order chi connectivity index (χ1) is 10.4. The van der Waals surface area contributed by atoms with Crippen LogP contribution in [0.25, 0.3) is 0 Å². The first kappa shape index (κ1) is 21.2. The number of aliphatic carboxylic acids is 4. The molecule has 0 aromatic rings. The molecule has 8 nitrogen and oxygen atoms in total. The van der Waals surface area contributed by atoms with E-state index < -0.39 is 44.8 Å². The van der Waals surface area contributed by atoms with Gasteiger partial charge in [0.05, 0.1) is 15.5 Å². The molecule has 0 fully saturated rings. The molecule has 0 rings (SSSR count). The van der Waals surface area contributed by atoms with Crippen molar-refractivity contribution in [3.63, 3.8) is 0 Å². The Hall–Kier alpha value is -1.80. The van der Waals surface area contributed by atoms with Crippen molar-refractivity contribution in [3.8, 4) is 0 Å². The van der Waals surface area contributed by atoms with Crippen molar-refractivity contribution >= 4 is 47.1 Å². The average Bonchev–Trinajstić information content (AvgIpc) is 2.39. The summed E-state index contributed by atoms with van der Waals surface area (Å²) in [6.07, 6.45) is 1.22. The van der Waals surface area contributed by atoms with E-state index in [0.29, 0.717) is 12.8 Å². The van der Waals surface area contributed by atoms with Crippen LogP contribution in [0.5, 0.6) is 0 Å². The molecule has 0 spiro atoms. The molecule has 23 heavy (non-hydrogen) atoms. The maximum Gasteiger partial charge on any atom is 0.337 e. The van der Waals surface area contributed by atoms with Gasteiger partial charge in [0.25, 0.3) is 5.41 Å². The molecular weight excluding hydrogens is 355 g/mol. The Bertz CT molecular complexity index is 528. The van der Waals surface area contributed by atoms with Gasteiger partial charge in [0.15, 0.2) is 0 Å². The van der Waals surface area contributed by atoms with Crippen molar-refractivity contribution in [3.05, 3.63) is 10.6 Å². The Balaban J connectivity index is 6.70. The van der Waals surface area contributed by atoms with E-state index in [1.54, 1.807) is 6.92 Å². The normalized spacial score (nSPS) is 15.3. The lowest BCUT2D eigenvalue weighted by Gasteiger charge is -2.28. The summed E-state index contributed by atoms with van der Waals surface area (Å²) < 4.78 is 0. The third kappa shape index (κ3) is 3.94. The van der Waals surface area contributed by atoms with Crippen LogP contribution < -0.4 is 0 Å². The number of rotatable bonds is 9. The average molecular weight is 371 g/mol. The van der Waals surface area contributed by atoms with Gasteiger partial charge in [-0.05, 0) is 13.3 Å².